The molecule has 0 radical (unpaired) electrons. The molecular formula is C21H22ClNO3. The normalized spacial score (nSPS) is 16.6. The average Bonchev–Trinajstić information content (AvgIpc) is 2.68. The number of hydrogen-bond donors (Lipinski definition) is 0. The molecule has 0 saturated carbocycles. The molecule has 5 heteroatoms. The van der Waals surface area contributed by atoms with E-state index in [-0.39, 0.29) is 0 Å². The number of methoxy groups -OCH3 is 2. The van der Waals surface area contributed by atoms with Crippen molar-refractivity contribution in [1.29, 1.82) is 0 Å². The summed E-state index contributed by atoms with van der Waals surface area (Å²) in [4.78, 5) is 2.46. The minimum atomic E-state index is 0.634. The van der Waals surface area contributed by atoms with Gasteiger partial charge >= 0.3 is 0 Å². The lowest BCUT2D eigenvalue weighted by molar-refractivity contribution is 0.255. The number of hydrogen-bond acceptors (Lipinski definition) is 4. The van der Waals surface area contributed by atoms with Crippen molar-refractivity contribution in [2.75, 3.05) is 33.9 Å². The van der Waals surface area contributed by atoms with Crippen LogP contribution < -0.4 is 14.2 Å². The quantitative estimate of drug-likeness (QED) is 0.796. The SMILES string of the molecule is COc1cc2c(cc1OC)C1=C(CO2)CN(Cc2ccc(Cl)cc2)CC1. The van der Waals surface area contributed by atoms with Crippen LogP contribution >= 0.6 is 11.6 Å². The topological polar surface area (TPSA) is 30.9 Å². The van der Waals surface area contributed by atoms with Gasteiger partial charge in [0.25, 0.3) is 0 Å². The molecule has 136 valence electrons. The number of halogens is 1. The molecule has 0 unspecified atom stereocenters. The van der Waals surface area contributed by atoms with Crippen LogP contribution in [0.25, 0.3) is 5.57 Å². The third-order valence-electron chi connectivity index (χ3n) is 5.05. The van der Waals surface area contributed by atoms with Gasteiger partial charge in [0.1, 0.15) is 12.4 Å². The first-order valence-electron chi connectivity index (χ1n) is 8.75. The summed E-state index contributed by atoms with van der Waals surface area (Å²) in [6.45, 7) is 3.50. The van der Waals surface area contributed by atoms with Crippen LogP contribution in [0.4, 0.5) is 0 Å². The fourth-order valence-corrected chi connectivity index (χ4v) is 3.84. The van der Waals surface area contributed by atoms with Crippen LogP contribution in [-0.2, 0) is 6.54 Å². The van der Waals surface area contributed by atoms with Gasteiger partial charge < -0.3 is 14.2 Å². The Bertz CT molecular complexity index is 845. The predicted octanol–water partition coefficient (Wildman–Crippen LogP) is 4.41. The summed E-state index contributed by atoms with van der Waals surface area (Å²) in [6.07, 6.45) is 1.01. The van der Waals surface area contributed by atoms with Crippen LogP contribution in [0.1, 0.15) is 17.5 Å². The molecule has 2 aromatic rings. The summed E-state index contributed by atoms with van der Waals surface area (Å²) in [7, 11) is 3.31. The lowest BCUT2D eigenvalue weighted by atomic mass is 9.90. The Labute approximate surface area is 158 Å². The number of benzene rings is 2. The van der Waals surface area contributed by atoms with E-state index in [4.69, 9.17) is 25.8 Å². The van der Waals surface area contributed by atoms with Gasteiger partial charge in [-0.05, 0) is 41.3 Å². The highest BCUT2D eigenvalue weighted by molar-refractivity contribution is 6.30. The molecule has 0 fully saturated rings. The highest BCUT2D eigenvalue weighted by Crippen LogP contribution is 2.43. The van der Waals surface area contributed by atoms with E-state index in [0.717, 1.165) is 48.1 Å². The van der Waals surface area contributed by atoms with E-state index in [9.17, 15) is 0 Å². The summed E-state index contributed by atoms with van der Waals surface area (Å²) >= 11 is 5.98. The van der Waals surface area contributed by atoms with Gasteiger partial charge in [-0.2, -0.15) is 0 Å². The lowest BCUT2D eigenvalue weighted by Crippen LogP contribution is -2.34. The summed E-state index contributed by atoms with van der Waals surface area (Å²) in [5.74, 6) is 2.33. The lowest BCUT2D eigenvalue weighted by Gasteiger charge is -2.34. The van der Waals surface area contributed by atoms with Crippen molar-refractivity contribution in [3.8, 4) is 17.2 Å². The maximum atomic E-state index is 6.01. The summed E-state index contributed by atoms with van der Waals surface area (Å²) < 4.78 is 16.9. The standard InChI is InChI=1S/C21H22ClNO3/c1-24-20-9-18-17-7-8-23(11-14-3-5-16(22)6-4-14)12-15(17)13-26-19(18)10-21(20)25-2/h3-6,9-10H,7-8,11-13H2,1-2H3. The van der Waals surface area contributed by atoms with E-state index < -0.39 is 0 Å². The molecule has 0 bridgehead atoms. The fourth-order valence-electron chi connectivity index (χ4n) is 3.71. The van der Waals surface area contributed by atoms with Crippen LogP contribution in [0.15, 0.2) is 42.0 Å². The molecular weight excluding hydrogens is 350 g/mol. The van der Waals surface area contributed by atoms with E-state index in [1.54, 1.807) is 14.2 Å². The van der Waals surface area contributed by atoms with Gasteiger partial charge in [0.05, 0.1) is 14.2 Å². The number of nitrogens with zero attached hydrogens (tertiary/aromatic N) is 1. The molecule has 0 aliphatic carbocycles. The molecule has 2 heterocycles. The maximum absolute atomic E-state index is 6.01. The van der Waals surface area contributed by atoms with Crippen molar-refractivity contribution in [2.24, 2.45) is 0 Å². The molecule has 0 aromatic heterocycles. The zero-order valence-electron chi connectivity index (χ0n) is 15.0. The molecule has 0 saturated heterocycles. The molecule has 4 nitrogen and oxygen atoms in total. The van der Waals surface area contributed by atoms with Crippen molar-refractivity contribution in [3.05, 3.63) is 58.1 Å². The second-order valence-electron chi connectivity index (χ2n) is 6.66. The Kier molecular flexibility index (Phi) is 4.79. The van der Waals surface area contributed by atoms with E-state index in [0.29, 0.717) is 12.4 Å². The van der Waals surface area contributed by atoms with Gasteiger partial charge in [0.2, 0.25) is 0 Å². The van der Waals surface area contributed by atoms with Crippen molar-refractivity contribution in [1.82, 2.24) is 4.90 Å². The van der Waals surface area contributed by atoms with E-state index in [1.807, 2.05) is 24.3 Å². The van der Waals surface area contributed by atoms with Crippen molar-refractivity contribution in [3.63, 3.8) is 0 Å². The Morgan fingerprint density at radius 2 is 1.81 bits per heavy atom. The van der Waals surface area contributed by atoms with Gasteiger partial charge in [-0.1, -0.05) is 23.7 Å². The van der Waals surface area contributed by atoms with Crippen LogP contribution in [0.3, 0.4) is 0 Å². The molecule has 0 amide bonds. The molecule has 26 heavy (non-hydrogen) atoms. The molecule has 2 aromatic carbocycles. The summed E-state index contributed by atoms with van der Waals surface area (Å²) in [5.41, 5.74) is 5.15. The number of fused-ring (bicyclic) bond motifs is 2. The van der Waals surface area contributed by atoms with Gasteiger partial charge in [-0.15, -0.1) is 0 Å². The first-order chi connectivity index (χ1) is 12.7. The Hall–Kier alpha value is -2.17. The minimum Gasteiger partial charge on any atom is -0.493 e. The summed E-state index contributed by atoms with van der Waals surface area (Å²) in [5, 5.41) is 0.777. The number of ether oxygens (including phenoxy) is 3. The van der Waals surface area contributed by atoms with Crippen LogP contribution in [0, 0.1) is 0 Å². The van der Waals surface area contributed by atoms with Crippen molar-refractivity contribution >= 4 is 17.2 Å². The first kappa shape index (κ1) is 17.3. The average molecular weight is 372 g/mol. The molecule has 4 rings (SSSR count). The van der Waals surface area contributed by atoms with Gasteiger partial charge in [-0.25, -0.2) is 0 Å². The van der Waals surface area contributed by atoms with Gasteiger partial charge in [0, 0.05) is 36.3 Å². The summed E-state index contributed by atoms with van der Waals surface area (Å²) in [6, 6.07) is 12.1. The number of rotatable bonds is 4. The van der Waals surface area contributed by atoms with Crippen LogP contribution in [0.5, 0.6) is 17.2 Å². The fraction of sp³-hybridized carbons (Fsp3) is 0.333. The third kappa shape index (κ3) is 3.27. The van der Waals surface area contributed by atoms with E-state index in [2.05, 4.69) is 17.0 Å². The van der Waals surface area contributed by atoms with Crippen LogP contribution in [-0.4, -0.2) is 38.8 Å². The van der Waals surface area contributed by atoms with Gasteiger partial charge in [0.15, 0.2) is 11.5 Å². The maximum Gasteiger partial charge on any atom is 0.164 e. The zero-order valence-corrected chi connectivity index (χ0v) is 15.8. The van der Waals surface area contributed by atoms with Crippen molar-refractivity contribution < 1.29 is 14.2 Å². The minimum absolute atomic E-state index is 0.634. The second kappa shape index (κ2) is 7.22. The smallest absolute Gasteiger partial charge is 0.164 e. The molecule has 0 N–H and O–H groups in total. The monoisotopic (exact) mass is 371 g/mol. The highest BCUT2D eigenvalue weighted by Gasteiger charge is 2.27. The van der Waals surface area contributed by atoms with Crippen LogP contribution in [0.2, 0.25) is 5.02 Å². The third-order valence-corrected chi connectivity index (χ3v) is 5.30. The van der Waals surface area contributed by atoms with Gasteiger partial charge in [-0.3, -0.25) is 4.90 Å². The van der Waals surface area contributed by atoms with E-state index in [1.165, 1.54) is 16.7 Å². The molecule has 2 aliphatic rings. The molecule has 0 atom stereocenters. The largest absolute Gasteiger partial charge is 0.493 e. The molecule has 0 spiro atoms. The Morgan fingerprint density at radius 3 is 2.54 bits per heavy atom. The highest BCUT2D eigenvalue weighted by atomic mass is 35.5. The Balaban J connectivity index is 1.57. The predicted molar refractivity (Wildman–Crippen MR) is 103 cm³/mol. The zero-order chi connectivity index (χ0) is 18.1. The second-order valence-corrected chi connectivity index (χ2v) is 7.10. The van der Waals surface area contributed by atoms with Crippen molar-refractivity contribution in [2.45, 2.75) is 13.0 Å². The van der Waals surface area contributed by atoms with E-state index >= 15 is 0 Å². The molecule has 2 aliphatic heterocycles. The first-order valence-corrected chi connectivity index (χ1v) is 9.12. The Morgan fingerprint density at radius 1 is 1.08 bits per heavy atom.